The summed E-state index contributed by atoms with van der Waals surface area (Å²) < 4.78 is 5.53. The molecule has 3 N–H and O–H groups in total. The van der Waals surface area contributed by atoms with E-state index in [-0.39, 0.29) is 18.8 Å². The summed E-state index contributed by atoms with van der Waals surface area (Å²) in [5.41, 5.74) is 5.91. The van der Waals surface area contributed by atoms with Crippen molar-refractivity contribution >= 4 is 5.96 Å². The number of morpholine rings is 1. The van der Waals surface area contributed by atoms with E-state index in [1.807, 2.05) is 11.8 Å². The van der Waals surface area contributed by atoms with E-state index in [4.69, 9.17) is 15.6 Å². The smallest absolute Gasteiger partial charge is 0.191 e. The van der Waals surface area contributed by atoms with Crippen LogP contribution < -0.4 is 5.73 Å². The molecule has 1 heterocycles. The Morgan fingerprint density at radius 1 is 1.53 bits per heavy atom. The number of ether oxygens (including phenoxy) is 1. The van der Waals surface area contributed by atoms with Gasteiger partial charge in [-0.15, -0.1) is 0 Å². The highest BCUT2D eigenvalue weighted by Crippen LogP contribution is 2.23. The highest BCUT2D eigenvalue weighted by molar-refractivity contribution is 5.78. The van der Waals surface area contributed by atoms with E-state index in [1.54, 1.807) is 0 Å². The van der Waals surface area contributed by atoms with Crippen LogP contribution in [-0.4, -0.2) is 53.9 Å². The second kappa shape index (κ2) is 4.37. The summed E-state index contributed by atoms with van der Waals surface area (Å²) in [5, 5.41) is 9.07. The van der Waals surface area contributed by atoms with Crippen molar-refractivity contribution in [1.82, 2.24) is 4.90 Å². The van der Waals surface area contributed by atoms with E-state index in [1.165, 1.54) is 0 Å². The SMILES string of the molecule is CC1CN(C(N)=NC2CC2)CC(CO)O1. The van der Waals surface area contributed by atoms with E-state index in [9.17, 15) is 0 Å². The number of aliphatic hydroxyl groups excluding tert-OH is 1. The van der Waals surface area contributed by atoms with Crippen molar-refractivity contribution in [3.63, 3.8) is 0 Å². The number of aliphatic imine (C=N–C) groups is 1. The molecule has 0 aromatic heterocycles. The zero-order valence-corrected chi connectivity index (χ0v) is 9.09. The molecule has 2 unspecified atom stereocenters. The molecule has 15 heavy (non-hydrogen) atoms. The third-order valence-corrected chi connectivity index (χ3v) is 2.72. The molecule has 0 radical (unpaired) electrons. The third-order valence-electron chi connectivity index (χ3n) is 2.72. The van der Waals surface area contributed by atoms with E-state index in [0.717, 1.165) is 19.4 Å². The highest BCUT2D eigenvalue weighted by Gasteiger charge is 2.27. The second-order valence-electron chi connectivity index (χ2n) is 4.37. The lowest BCUT2D eigenvalue weighted by atomic mass is 10.2. The van der Waals surface area contributed by atoms with Crippen LogP contribution in [-0.2, 0) is 4.74 Å². The van der Waals surface area contributed by atoms with Crippen molar-refractivity contribution < 1.29 is 9.84 Å². The zero-order chi connectivity index (χ0) is 10.8. The van der Waals surface area contributed by atoms with E-state index >= 15 is 0 Å². The van der Waals surface area contributed by atoms with E-state index in [0.29, 0.717) is 18.5 Å². The molecule has 0 spiro atoms. The van der Waals surface area contributed by atoms with Gasteiger partial charge in [0.05, 0.1) is 24.9 Å². The molecule has 0 aromatic rings. The Morgan fingerprint density at radius 3 is 2.87 bits per heavy atom. The Kier molecular flexibility index (Phi) is 3.11. The van der Waals surface area contributed by atoms with E-state index in [2.05, 4.69) is 4.99 Å². The summed E-state index contributed by atoms with van der Waals surface area (Å²) in [6.07, 6.45) is 2.28. The molecule has 5 heteroatoms. The summed E-state index contributed by atoms with van der Waals surface area (Å²) in [7, 11) is 0. The third kappa shape index (κ3) is 2.82. The van der Waals surface area contributed by atoms with Crippen LogP contribution in [0, 0.1) is 0 Å². The standard InChI is InChI=1S/C10H19N3O2/c1-7-4-13(5-9(6-14)15-7)10(11)12-8-2-3-8/h7-9,14H,2-6H2,1H3,(H2,11,12). The van der Waals surface area contributed by atoms with Crippen LogP contribution in [0.25, 0.3) is 0 Å². The van der Waals surface area contributed by atoms with Crippen molar-refractivity contribution in [2.24, 2.45) is 10.7 Å². The summed E-state index contributed by atoms with van der Waals surface area (Å²) >= 11 is 0. The van der Waals surface area contributed by atoms with Gasteiger partial charge in [-0.1, -0.05) is 0 Å². The van der Waals surface area contributed by atoms with Crippen LogP contribution in [0.2, 0.25) is 0 Å². The molecule has 1 aliphatic heterocycles. The zero-order valence-electron chi connectivity index (χ0n) is 9.09. The van der Waals surface area contributed by atoms with Gasteiger partial charge in [-0.25, -0.2) is 4.99 Å². The molecule has 1 saturated carbocycles. The minimum Gasteiger partial charge on any atom is -0.394 e. The maximum Gasteiger partial charge on any atom is 0.191 e. The number of nitrogens with zero attached hydrogens (tertiary/aromatic N) is 2. The predicted molar refractivity (Wildman–Crippen MR) is 57.6 cm³/mol. The number of hydrogen-bond acceptors (Lipinski definition) is 3. The molecule has 2 atom stereocenters. The Balaban J connectivity index is 1.94. The van der Waals surface area contributed by atoms with Gasteiger partial charge in [0.25, 0.3) is 0 Å². The van der Waals surface area contributed by atoms with Crippen LogP contribution in [0.4, 0.5) is 0 Å². The average Bonchev–Trinajstić information content (AvgIpc) is 3.00. The first-order chi connectivity index (χ1) is 7.19. The molecule has 5 nitrogen and oxygen atoms in total. The first-order valence-electron chi connectivity index (χ1n) is 5.53. The molecule has 0 amide bonds. The number of rotatable bonds is 2. The predicted octanol–water partition coefficient (Wildman–Crippen LogP) is -0.455. The molecule has 0 bridgehead atoms. The first kappa shape index (κ1) is 10.7. The van der Waals surface area contributed by atoms with Gasteiger partial charge < -0.3 is 20.5 Å². The van der Waals surface area contributed by atoms with Crippen LogP contribution >= 0.6 is 0 Å². The molecular formula is C10H19N3O2. The van der Waals surface area contributed by atoms with Crippen LogP contribution in [0.3, 0.4) is 0 Å². The van der Waals surface area contributed by atoms with Gasteiger partial charge in [0, 0.05) is 13.1 Å². The largest absolute Gasteiger partial charge is 0.394 e. The maximum atomic E-state index is 9.07. The molecular weight excluding hydrogens is 194 g/mol. The molecule has 1 aliphatic carbocycles. The van der Waals surface area contributed by atoms with Gasteiger partial charge in [-0.2, -0.15) is 0 Å². The summed E-state index contributed by atoms with van der Waals surface area (Å²) in [6, 6.07) is 0.440. The van der Waals surface area contributed by atoms with Crippen molar-refractivity contribution in [2.75, 3.05) is 19.7 Å². The average molecular weight is 213 g/mol. The molecule has 2 rings (SSSR count). The Labute approximate surface area is 89.9 Å². The fourth-order valence-electron chi connectivity index (χ4n) is 1.81. The van der Waals surface area contributed by atoms with Gasteiger partial charge in [-0.05, 0) is 19.8 Å². The lowest BCUT2D eigenvalue weighted by Gasteiger charge is -2.36. The van der Waals surface area contributed by atoms with Gasteiger partial charge >= 0.3 is 0 Å². The second-order valence-corrected chi connectivity index (χ2v) is 4.37. The van der Waals surface area contributed by atoms with Crippen molar-refractivity contribution in [1.29, 1.82) is 0 Å². The number of nitrogens with two attached hydrogens (primary N) is 1. The van der Waals surface area contributed by atoms with Crippen molar-refractivity contribution in [3.8, 4) is 0 Å². The number of hydrogen-bond donors (Lipinski definition) is 2. The van der Waals surface area contributed by atoms with Crippen molar-refractivity contribution in [3.05, 3.63) is 0 Å². The minimum atomic E-state index is -0.137. The highest BCUT2D eigenvalue weighted by atomic mass is 16.5. The van der Waals surface area contributed by atoms with Crippen LogP contribution in [0.15, 0.2) is 4.99 Å². The van der Waals surface area contributed by atoms with Gasteiger partial charge in [0.2, 0.25) is 0 Å². The Morgan fingerprint density at radius 2 is 2.27 bits per heavy atom. The quantitative estimate of drug-likeness (QED) is 0.481. The number of guanidine groups is 1. The lowest BCUT2D eigenvalue weighted by molar-refractivity contribution is -0.0787. The lowest BCUT2D eigenvalue weighted by Crippen LogP contribution is -2.52. The minimum absolute atomic E-state index is 0.0392. The topological polar surface area (TPSA) is 71.1 Å². The summed E-state index contributed by atoms with van der Waals surface area (Å²) in [5.74, 6) is 0.603. The molecule has 86 valence electrons. The van der Waals surface area contributed by atoms with Crippen LogP contribution in [0.1, 0.15) is 19.8 Å². The van der Waals surface area contributed by atoms with Crippen LogP contribution in [0.5, 0.6) is 0 Å². The molecule has 0 aromatic carbocycles. The first-order valence-corrected chi connectivity index (χ1v) is 5.53. The van der Waals surface area contributed by atoms with Crippen molar-refractivity contribution in [2.45, 2.75) is 38.0 Å². The monoisotopic (exact) mass is 213 g/mol. The van der Waals surface area contributed by atoms with Gasteiger partial charge in [0.1, 0.15) is 0 Å². The maximum absolute atomic E-state index is 9.07. The fraction of sp³-hybridized carbons (Fsp3) is 0.900. The molecule has 1 saturated heterocycles. The van der Waals surface area contributed by atoms with Gasteiger partial charge in [-0.3, -0.25) is 0 Å². The Hall–Kier alpha value is -0.810. The fourth-order valence-corrected chi connectivity index (χ4v) is 1.81. The number of aliphatic hydroxyl groups is 1. The summed E-state index contributed by atoms with van der Waals surface area (Å²) in [6.45, 7) is 3.43. The van der Waals surface area contributed by atoms with E-state index < -0.39 is 0 Å². The van der Waals surface area contributed by atoms with Gasteiger partial charge in [0.15, 0.2) is 5.96 Å². The molecule has 2 fully saturated rings. The Bertz CT molecular complexity index is 253. The normalized spacial score (nSPS) is 33.2. The molecule has 2 aliphatic rings. The summed E-state index contributed by atoms with van der Waals surface area (Å²) in [4.78, 5) is 6.41.